The third kappa shape index (κ3) is 14.7. The van der Waals surface area contributed by atoms with E-state index < -0.39 is 0 Å². The highest BCUT2D eigenvalue weighted by atomic mass is 16.6. The van der Waals surface area contributed by atoms with Crippen molar-refractivity contribution in [2.45, 2.75) is 18.3 Å². The quantitative estimate of drug-likeness (QED) is 0.132. The van der Waals surface area contributed by atoms with Gasteiger partial charge in [0.25, 0.3) is 0 Å². The van der Waals surface area contributed by atoms with Crippen molar-refractivity contribution in [3.05, 3.63) is 0 Å². The van der Waals surface area contributed by atoms with Gasteiger partial charge in [0.15, 0.2) is 0 Å². The Bertz CT molecular complexity index is 270. The molecule has 0 aliphatic heterocycles. The molecule has 158 valence electrons. The van der Waals surface area contributed by atoms with Crippen LogP contribution in [0.1, 0.15) is 0 Å². The SMILES string of the molecule is NCOCC(COCC(COCC(COCN)OCN)OCN)OCN. The molecule has 26 heavy (non-hydrogen) atoms. The molecule has 0 aromatic heterocycles. The summed E-state index contributed by atoms with van der Waals surface area (Å²) in [6, 6.07) is 0. The zero-order chi connectivity index (χ0) is 19.5. The molecule has 0 saturated heterocycles. The number of nitrogens with two attached hydrogens (primary N) is 5. The largest absolute Gasteiger partial charge is 0.376 e. The molecule has 0 rings (SSSR count). The highest BCUT2D eigenvalue weighted by Crippen LogP contribution is 2.01. The smallest absolute Gasteiger partial charge is 0.106 e. The molecule has 2 unspecified atom stereocenters. The normalized spacial score (nSPS) is 15.1. The second-order valence-electron chi connectivity index (χ2n) is 5.02. The van der Waals surface area contributed by atoms with E-state index in [4.69, 9.17) is 61.8 Å². The summed E-state index contributed by atoms with van der Waals surface area (Å²) in [4.78, 5) is 0. The Kier molecular flexibility index (Phi) is 18.9. The molecule has 0 bridgehead atoms. The van der Waals surface area contributed by atoms with Gasteiger partial charge in [-0.05, 0) is 0 Å². The fraction of sp³-hybridized carbons (Fsp3) is 1.00. The molecule has 0 heterocycles. The predicted octanol–water partition coefficient (Wildman–Crippen LogP) is -3.21. The first-order valence-electron chi connectivity index (χ1n) is 8.37. The first kappa shape index (κ1) is 25.5. The summed E-state index contributed by atoms with van der Waals surface area (Å²) in [5.74, 6) is 0. The van der Waals surface area contributed by atoms with Crippen LogP contribution in [0, 0.1) is 0 Å². The van der Waals surface area contributed by atoms with Crippen LogP contribution in [0.15, 0.2) is 0 Å². The average molecular weight is 385 g/mol. The van der Waals surface area contributed by atoms with Crippen LogP contribution in [0.5, 0.6) is 0 Å². The highest BCUT2D eigenvalue weighted by Gasteiger charge is 2.15. The van der Waals surface area contributed by atoms with Crippen LogP contribution < -0.4 is 28.7 Å². The van der Waals surface area contributed by atoms with Gasteiger partial charge in [-0.15, -0.1) is 0 Å². The van der Waals surface area contributed by atoms with Crippen molar-refractivity contribution >= 4 is 0 Å². The number of hydrogen-bond acceptors (Lipinski definition) is 12. The van der Waals surface area contributed by atoms with Crippen LogP contribution in [-0.4, -0.2) is 91.6 Å². The van der Waals surface area contributed by atoms with E-state index in [-0.39, 0.29) is 91.6 Å². The molecular formula is C14H35N5O7. The molecular weight excluding hydrogens is 350 g/mol. The van der Waals surface area contributed by atoms with Gasteiger partial charge >= 0.3 is 0 Å². The molecule has 0 aliphatic rings. The topological polar surface area (TPSA) is 195 Å². The van der Waals surface area contributed by atoms with E-state index in [2.05, 4.69) is 0 Å². The van der Waals surface area contributed by atoms with Crippen molar-refractivity contribution in [1.29, 1.82) is 0 Å². The molecule has 0 fully saturated rings. The van der Waals surface area contributed by atoms with Gasteiger partial charge in [-0.2, -0.15) is 0 Å². The summed E-state index contributed by atoms with van der Waals surface area (Å²) in [5, 5.41) is 0. The molecule has 0 saturated carbocycles. The van der Waals surface area contributed by atoms with E-state index in [1.54, 1.807) is 0 Å². The lowest BCUT2D eigenvalue weighted by Gasteiger charge is -2.22. The van der Waals surface area contributed by atoms with E-state index in [9.17, 15) is 0 Å². The Labute approximate surface area is 154 Å². The fourth-order valence-corrected chi connectivity index (χ4v) is 1.90. The third-order valence-electron chi connectivity index (χ3n) is 3.05. The Morgan fingerprint density at radius 1 is 0.385 bits per heavy atom. The molecule has 0 spiro atoms. The van der Waals surface area contributed by atoms with Crippen LogP contribution in [0.3, 0.4) is 0 Å². The lowest BCUT2D eigenvalue weighted by atomic mass is 10.3. The molecule has 0 aromatic rings. The Hall–Kier alpha value is -0.480. The number of ether oxygens (including phenoxy) is 7. The summed E-state index contributed by atoms with van der Waals surface area (Å²) >= 11 is 0. The maximum atomic E-state index is 5.58. The van der Waals surface area contributed by atoms with E-state index in [1.807, 2.05) is 0 Å². The zero-order valence-electron chi connectivity index (χ0n) is 15.3. The van der Waals surface area contributed by atoms with Gasteiger partial charge in [0.05, 0.1) is 73.3 Å². The standard InChI is InChI=1S/C14H35N5O7/c15-7-22-5-13(25-10-18)3-20-1-12(24-9-17)2-21-4-14(26-11-19)6-23-8-16/h12-14H,1-11,15-19H2. The van der Waals surface area contributed by atoms with E-state index in [0.717, 1.165) is 0 Å². The zero-order valence-corrected chi connectivity index (χ0v) is 15.3. The first-order chi connectivity index (χ1) is 12.7. The average Bonchev–Trinajstić information content (AvgIpc) is 2.64. The van der Waals surface area contributed by atoms with Crippen molar-refractivity contribution in [3.63, 3.8) is 0 Å². The van der Waals surface area contributed by atoms with Gasteiger partial charge in [-0.1, -0.05) is 0 Å². The minimum atomic E-state index is -0.358. The summed E-state index contributed by atoms with van der Waals surface area (Å²) in [6.07, 6.45) is -1.000. The van der Waals surface area contributed by atoms with Gasteiger partial charge in [0.1, 0.15) is 18.3 Å². The van der Waals surface area contributed by atoms with Gasteiger partial charge in [-0.3, -0.25) is 0 Å². The fourth-order valence-electron chi connectivity index (χ4n) is 1.90. The minimum Gasteiger partial charge on any atom is -0.376 e. The molecule has 0 radical (unpaired) electrons. The lowest BCUT2D eigenvalue weighted by molar-refractivity contribution is -0.107. The van der Waals surface area contributed by atoms with Gasteiger partial charge < -0.3 is 61.8 Å². The van der Waals surface area contributed by atoms with Crippen LogP contribution in [0.4, 0.5) is 0 Å². The number of hydrogen-bond donors (Lipinski definition) is 5. The molecule has 12 heteroatoms. The van der Waals surface area contributed by atoms with Crippen molar-refractivity contribution in [2.24, 2.45) is 28.7 Å². The molecule has 2 atom stereocenters. The van der Waals surface area contributed by atoms with E-state index in [0.29, 0.717) is 0 Å². The van der Waals surface area contributed by atoms with Gasteiger partial charge in [-0.25, -0.2) is 0 Å². The van der Waals surface area contributed by atoms with Gasteiger partial charge in [0.2, 0.25) is 0 Å². The van der Waals surface area contributed by atoms with Crippen molar-refractivity contribution in [2.75, 3.05) is 73.3 Å². The highest BCUT2D eigenvalue weighted by molar-refractivity contribution is 4.61. The van der Waals surface area contributed by atoms with Crippen molar-refractivity contribution in [1.82, 2.24) is 0 Å². The van der Waals surface area contributed by atoms with Gasteiger partial charge in [0, 0.05) is 0 Å². The molecule has 0 amide bonds. The van der Waals surface area contributed by atoms with Crippen molar-refractivity contribution in [3.8, 4) is 0 Å². The lowest BCUT2D eigenvalue weighted by Crippen LogP contribution is -2.35. The van der Waals surface area contributed by atoms with Crippen LogP contribution in [0.2, 0.25) is 0 Å². The predicted molar refractivity (Wildman–Crippen MR) is 93.4 cm³/mol. The summed E-state index contributed by atoms with van der Waals surface area (Å²) in [5.41, 5.74) is 26.7. The van der Waals surface area contributed by atoms with Crippen LogP contribution >= 0.6 is 0 Å². The monoisotopic (exact) mass is 385 g/mol. The van der Waals surface area contributed by atoms with Crippen molar-refractivity contribution < 1.29 is 33.2 Å². The Morgan fingerprint density at radius 2 is 0.654 bits per heavy atom. The maximum absolute atomic E-state index is 5.58. The minimum absolute atomic E-state index is 0.0371. The first-order valence-corrected chi connectivity index (χ1v) is 8.37. The van der Waals surface area contributed by atoms with Crippen LogP contribution in [0.25, 0.3) is 0 Å². The molecule has 12 nitrogen and oxygen atoms in total. The van der Waals surface area contributed by atoms with E-state index >= 15 is 0 Å². The molecule has 0 aliphatic carbocycles. The van der Waals surface area contributed by atoms with E-state index in [1.165, 1.54) is 0 Å². The Balaban J connectivity index is 4.12. The summed E-state index contributed by atoms with van der Waals surface area (Å²) in [6.45, 7) is 1.96. The summed E-state index contributed by atoms with van der Waals surface area (Å²) in [7, 11) is 0. The third-order valence-corrected chi connectivity index (χ3v) is 3.05. The number of rotatable bonds is 20. The summed E-state index contributed by atoms with van der Waals surface area (Å²) < 4.78 is 37.3. The van der Waals surface area contributed by atoms with Crippen LogP contribution in [-0.2, 0) is 33.2 Å². The second-order valence-corrected chi connectivity index (χ2v) is 5.02. The maximum Gasteiger partial charge on any atom is 0.106 e. The second kappa shape index (κ2) is 19.3. The molecule has 10 N–H and O–H groups in total. The Morgan fingerprint density at radius 3 is 0.885 bits per heavy atom. The molecule has 0 aromatic carbocycles.